The zero-order chi connectivity index (χ0) is 12.8. The lowest BCUT2D eigenvalue weighted by Gasteiger charge is -2.07. The van der Waals surface area contributed by atoms with Crippen LogP contribution in [0.5, 0.6) is 5.75 Å². The van der Waals surface area contributed by atoms with Gasteiger partial charge in [-0.3, -0.25) is 0 Å². The molecule has 0 aliphatic carbocycles. The molecule has 0 unspecified atom stereocenters. The Morgan fingerprint density at radius 1 is 1.28 bits per heavy atom. The fourth-order valence-electron chi connectivity index (χ4n) is 1.49. The summed E-state index contributed by atoms with van der Waals surface area (Å²) in [6, 6.07) is 13.0. The second kappa shape index (κ2) is 5.69. The van der Waals surface area contributed by atoms with Crippen molar-refractivity contribution in [1.29, 1.82) is 5.26 Å². The fourth-order valence-corrected chi connectivity index (χ4v) is 1.49. The zero-order valence-electron chi connectivity index (χ0n) is 10.1. The van der Waals surface area contributed by atoms with Gasteiger partial charge in [-0.2, -0.15) is 5.26 Å². The Hall–Kier alpha value is -2.54. The smallest absolute Gasteiger partial charge is 0.126 e. The summed E-state index contributed by atoms with van der Waals surface area (Å²) in [4.78, 5) is 4.13. The predicted octanol–water partition coefficient (Wildman–Crippen LogP) is 2.57. The SMILES string of the molecule is CNc1cc(COc2ccc(C#N)cc2)ccn1. The van der Waals surface area contributed by atoms with E-state index >= 15 is 0 Å². The maximum atomic E-state index is 8.69. The number of nitrogens with one attached hydrogen (secondary N) is 1. The van der Waals surface area contributed by atoms with Crippen LogP contribution in [0.2, 0.25) is 0 Å². The number of hydrogen-bond acceptors (Lipinski definition) is 4. The van der Waals surface area contributed by atoms with E-state index in [9.17, 15) is 0 Å². The molecule has 0 fully saturated rings. The maximum absolute atomic E-state index is 8.69. The summed E-state index contributed by atoms with van der Waals surface area (Å²) in [7, 11) is 1.83. The standard InChI is InChI=1S/C14H13N3O/c1-16-14-8-12(6-7-17-14)10-18-13-4-2-11(9-15)3-5-13/h2-8H,10H2,1H3,(H,16,17). The van der Waals surface area contributed by atoms with Gasteiger partial charge in [-0.05, 0) is 42.0 Å². The minimum Gasteiger partial charge on any atom is -0.489 e. The third kappa shape index (κ3) is 2.98. The van der Waals surface area contributed by atoms with Gasteiger partial charge in [0.15, 0.2) is 0 Å². The molecule has 1 N–H and O–H groups in total. The normalized spacial score (nSPS) is 9.56. The second-order valence-corrected chi connectivity index (χ2v) is 3.72. The van der Waals surface area contributed by atoms with Crippen LogP contribution in [-0.4, -0.2) is 12.0 Å². The van der Waals surface area contributed by atoms with Crippen molar-refractivity contribution in [2.24, 2.45) is 0 Å². The number of anilines is 1. The number of benzene rings is 1. The molecule has 90 valence electrons. The van der Waals surface area contributed by atoms with Gasteiger partial charge in [0.2, 0.25) is 0 Å². The topological polar surface area (TPSA) is 57.9 Å². The molecule has 0 aliphatic rings. The van der Waals surface area contributed by atoms with Gasteiger partial charge in [0, 0.05) is 13.2 Å². The van der Waals surface area contributed by atoms with Crippen molar-refractivity contribution in [2.75, 3.05) is 12.4 Å². The van der Waals surface area contributed by atoms with E-state index in [0.29, 0.717) is 12.2 Å². The van der Waals surface area contributed by atoms with E-state index < -0.39 is 0 Å². The van der Waals surface area contributed by atoms with Crippen molar-refractivity contribution in [3.05, 3.63) is 53.7 Å². The molecular weight excluding hydrogens is 226 g/mol. The molecule has 0 amide bonds. The lowest BCUT2D eigenvalue weighted by Crippen LogP contribution is -1.98. The van der Waals surface area contributed by atoms with Crippen LogP contribution in [-0.2, 0) is 6.61 Å². The first-order valence-electron chi connectivity index (χ1n) is 5.57. The highest BCUT2D eigenvalue weighted by atomic mass is 16.5. The Morgan fingerprint density at radius 2 is 2.06 bits per heavy atom. The maximum Gasteiger partial charge on any atom is 0.126 e. The van der Waals surface area contributed by atoms with Gasteiger partial charge >= 0.3 is 0 Å². The Labute approximate surface area is 106 Å². The van der Waals surface area contributed by atoms with Crippen molar-refractivity contribution in [3.63, 3.8) is 0 Å². The first kappa shape index (κ1) is 11.9. The second-order valence-electron chi connectivity index (χ2n) is 3.72. The van der Waals surface area contributed by atoms with Gasteiger partial charge in [0.25, 0.3) is 0 Å². The molecule has 0 radical (unpaired) electrons. The number of pyridine rings is 1. The van der Waals surface area contributed by atoms with Gasteiger partial charge in [0.1, 0.15) is 18.2 Å². The number of nitrogens with zero attached hydrogens (tertiary/aromatic N) is 2. The van der Waals surface area contributed by atoms with Crippen LogP contribution < -0.4 is 10.1 Å². The van der Waals surface area contributed by atoms with Crippen LogP contribution in [0, 0.1) is 11.3 Å². The van der Waals surface area contributed by atoms with Crippen molar-refractivity contribution in [3.8, 4) is 11.8 Å². The predicted molar refractivity (Wildman–Crippen MR) is 69.3 cm³/mol. The first-order chi connectivity index (χ1) is 8.81. The number of aromatic nitrogens is 1. The van der Waals surface area contributed by atoms with Crippen molar-refractivity contribution >= 4 is 5.82 Å². The van der Waals surface area contributed by atoms with Crippen LogP contribution in [0.4, 0.5) is 5.82 Å². The summed E-state index contributed by atoms with van der Waals surface area (Å²) in [5.41, 5.74) is 1.67. The molecule has 0 saturated carbocycles. The Kier molecular flexibility index (Phi) is 3.77. The molecule has 1 aromatic heterocycles. The van der Waals surface area contributed by atoms with E-state index in [-0.39, 0.29) is 0 Å². The van der Waals surface area contributed by atoms with Crippen LogP contribution >= 0.6 is 0 Å². The van der Waals surface area contributed by atoms with Gasteiger partial charge in [-0.15, -0.1) is 0 Å². The molecule has 18 heavy (non-hydrogen) atoms. The zero-order valence-corrected chi connectivity index (χ0v) is 10.1. The molecule has 1 heterocycles. The molecule has 1 aromatic carbocycles. The minimum absolute atomic E-state index is 0.475. The van der Waals surface area contributed by atoms with Crippen molar-refractivity contribution < 1.29 is 4.74 Å². The largest absolute Gasteiger partial charge is 0.489 e. The average Bonchev–Trinajstić information content (AvgIpc) is 2.46. The summed E-state index contributed by atoms with van der Waals surface area (Å²) >= 11 is 0. The Balaban J connectivity index is 2.00. The molecule has 0 atom stereocenters. The minimum atomic E-state index is 0.475. The summed E-state index contributed by atoms with van der Waals surface area (Å²) in [5.74, 6) is 1.56. The summed E-state index contributed by atoms with van der Waals surface area (Å²) in [5, 5.41) is 11.7. The summed E-state index contributed by atoms with van der Waals surface area (Å²) < 4.78 is 5.63. The third-order valence-electron chi connectivity index (χ3n) is 2.47. The van der Waals surface area contributed by atoms with Crippen LogP contribution in [0.3, 0.4) is 0 Å². The lowest BCUT2D eigenvalue weighted by molar-refractivity contribution is 0.306. The summed E-state index contributed by atoms with van der Waals surface area (Å²) in [6.07, 6.45) is 1.74. The number of ether oxygens (including phenoxy) is 1. The highest BCUT2D eigenvalue weighted by molar-refractivity contribution is 5.37. The van der Waals surface area contributed by atoms with E-state index in [1.165, 1.54) is 0 Å². The lowest BCUT2D eigenvalue weighted by atomic mass is 10.2. The van der Waals surface area contributed by atoms with Crippen LogP contribution in [0.15, 0.2) is 42.6 Å². The average molecular weight is 239 g/mol. The molecule has 4 nitrogen and oxygen atoms in total. The highest BCUT2D eigenvalue weighted by Crippen LogP contribution is 2.14. The van der Waals surface area contributed by atoms with Crippen molar-refractivity contribution in [1.82, 2.24) is 4.98 Å². The van der Waals surface area contributed by atoms with Crippen LogP contribution in [0.1, 0.15) is 11.1 Å². The van der Waals surface area contributed by atoms with Gasteiger partial charge in [0.05, 0.1) is 11.6 Å². The Bertz CT molecular complexity index is 558. The third-order valence-corrected chi connectivity index (χ3v) is 2.47. The molecule has 4 heteroatoms. The van der Waals surface area contributed by atoms with Gasteiger partial charge in [-0.1, -0.05) is 0 Å². The number of nitriles is 1. The van der Waals surface area contributed by atoms with E-state index in [0.717, 1.165) is 17.1 Å². The van der Waals surface area contributed by atoms with E-state index in [1.54, 1.807) is 30.5 Å². The first-order valence-corrected chi connectivity index (χ1v) is 5.57. The number of rotatable bonds is 4. The molecule has 0 saturated heterocycles. The van der Waals surface area contributed by atoms with Crippen molar-refractivity contribution in [2.45, 2.75) is 6.61 Å². The summed E-state index contributed by atoms with van der Waals surface area (Å²) in [6.45, 7) is 0.475. The fraction of sp³-hybridized carbons (Fsp3) is 0.143. The van der Waals surface area contributed by atoms with Gasteiger partial charge in [-0.25, -0.2) is 4.98 Å². The Morgan fingerprint density at radius 3 is 2.72 bits per heavy atom. The van der Waals surface area contributed by atoms with E-state index in [4.69, 9.17) is 10.00 Å². The monoisotopic (exact) mass is 239 g/mol. The molecule has 0 aliphatic heterocycles. The molecule has 0 spiro atoms. The quantitative estimate of drug-likeness (QED) is 0.890. The van der Waals surface area contributed by atoms with E-state index in [2.05, 4.69) is 16.4 Å². The molecule has 2 aromatic rings. The molecule has 2 rings (SSSR count). The highest BCUT2D eigenvalue weighted by Gasteiger charge is 1.98. The van der Waals surface area contributed by atoms with Crippen LogP contribution in [0.25, 0.3) is 0 Å². The molecular formula is C14H13N3O. The number of hydrogen-bond donors (Lipinski definition) is 1. The molecule has 0 bridgehead atoms. The van der Waals surface area contributed by atoms with Gasteiger partial charge < -0.3 is 10.1 Å². The van der Waals surface area contributed by atoms with E-state index in [1.807, 2.05) is 19.2 Å².